The third kappa shape index (κ3) is 36.1. The number of hydrogen-bond acceptors (Lipinski definition) is 10. The predicted octanol–water partition coefficient (Wildman–Crippen LogP) is 12.1. The van der Waals surface area contributed by atoms with Gasteiger partial charge in [-0.15, -0.1) is 0 Å². The first-order valence-corrected chi connectivity index (χ1v) is 29.0. The lowest BCUT2D eigenvalue weighted by atomic mass is 9.98. The first-order chi connectivity index (χ1) is 34.2. The monoisotopic (exact) mass is 992 g/mol. The largest absolute Gasteiger partial charge is 0.394 e. The number of aliphatic hydroxyl groups excluding tert-OH is 7. The first-order valence-electron chi connectivity index (χ1n) is 29.0. The first kappa shape index (κ1) is 66.1. The Labute approximate surface area is 428 Å². The molecule has 410 valence electrons. The van der Waals surface area contributed by atoms with Crippen molar-refractivity contribution < 1.29 is 50.0 Å². The number of aliphatic hydroxyl groups is 7. The summed E-state index contributed by atoms with van der Waals surface area (Å²) in [5.41, 5.74) is 0. The number of carbonyl (C=O) groups is 1. The Morgan fingerprint density at radius 1 is 0.486 bits per heavy atom. The summed E-state index contributed by atoms with van der Waals surface area (Å²) in [5, 5.41) is 76.0. The summed E-state index contributed by atoms with van der Waals surface area (Å²) in [4.78, 5) is 13.2. The Hall–Kier alpha value is -1.93. The zero-order chi connectivity index (χ0) is 51.1. The molecular formula is C59H109NO10. The van der Waals surface area contributed by atoms with Gasteiger partial charge in [-0.25, -0.2) is 0 Å². The molecule has 0 radical (unpaired) electrons. The number of carbonyl (C=O) groups excluding carboxylic acids is 1. The van der Waals surface area contributed by atoms with E-state index in [9.17, 15) is 40.5 Å². The van der Waals surface area contributed by atoms with Crippen molar-refractivity contribution in [3.05, 3.63) is 48.6 Å². The topological polar surface area (TPSA) is 189 Å². The summed E-state index contributed by atoms with van der Waals surface area (Å²) in [7, 11) is 0. The molecule has 0 aliphatic carbocycles. The van der Waals surface area contributed by atoms with Crippen molar-refractivity contribution in [1.29, 1.82) is 0 Å². The fourth-order valence-electron chi connectivity index (χ4n) is 9.07. The van der Waals surface area contributed by atoms with Gasteiger partial charge in [0.25, 0.3) is 0 Å². The molecule has 9 atom stereocenters. The van der Waals surface area contributed by atoms with Gasteiger partial charge in [-0.05, 0) is 83.5 Å². The zero-order valence-corrected chi connectivity index (χ0v) is 44.7. The van der Waals surface area contributed by atoms with Crippen LogP contribution in [-0.2, 0) is 14.3 Å². The molecule has 0 aromatic rings. The van der Waals surface area contributed by atoms with Crippen LogP contribution in [0.15, 0.2) is 48.6 Å². The van der Waals surface area contributed by atoms with Gasteiger partial charge in [0.1, 0.15) is 36.6 Å². The van der Waals surface area contributed by atoms with Crippen LogP contribution < -0.4 is 5.32 Å². The van der Waals surface area contributed by atoms with E-state index in [4.69, 9.17) is 9.47 Å². The maximum absolute atomic E-state index is 13.2. The van der Waals surface area contributed by atoms with Gasteiger partial charge in [0.2, 0.25) is 5.91 Å². The number of unbranched alkanes of at least 4 members (excludes halogenated alkanes) is 29. The fourth-order valence-corrected chi connectivity index (χ4v) is 9.07. The Bertz CT molecular complexity index is 1280. The summed E-state index contributed by atoms with van der Waals surface area (Å²) >= 11 is 0. The highest BCUT2D eigenvalue weighted by Crippen LogP contribution is 2.23. The lowest BCUT2D eigenvalue weighted by molar-refractivity contribution is -0.303. The maximum atomic E-state index is 13.2. The van der Waals surface area contributed by atoms with E-state index in [1.807, 2.05) is 0 Å². The van der Waals surface area contributed by atoms with E-state index in [-0.39, 0.29) is 12.8 Å². The molecule has 9 unspecified atom stereocenters. The quantitative estimate of drug-likeness (QED) is 0.0215. The molecule has 0 bridgehead atoms. The van der Waals surface area contributed by atoms with Crippen LogP contribution >= 0.6 is 0 Å². The van der Waals surface area contributed by atoms with Crippen LogP contribution in [-0.4, -0.2) is 110 Å². The highest BCUT2D eigenvalue weighted by Gasteiger charge is 2.44. The minimum Gasteiger partial charge on any atom is -0.394 e. The standard InChI is InChI=1S/C59H109NO10/c1-3-5-7-9-11-13-15-17-19-20-21-22-23-24-25-26-27-28-29-30-31-32-33-35-37-39-41-43-45-47-52(63)58(68)60-50(49-69-59-57(67)56(66)55(65)53(48-61)70-59)54(64)51(62)46-44-42-40-38-36-34-18-16-14-12-10-8-6-4-2/h8,10,16,18,24-25,38,40,50-57,59,61-67H,3-7,9,11-15,17,19-23,26-37,39,41-49H2,1-2H3,(H,60,68)/b10-8+,18-16+,25-24-,40-38+. The van der Waals surface area contributed by atoms with Crippen molar-refractivity contribution >= 4 is 5.91 Å². The van der Waals surface area contributed by atoms with E-state index in [1.165, 1.54) is 154 Å². The lowest BCUT2D eigenvalue weighted by Gasteiger charge is -2.40. The van der Waals surface area contributed by atoms with Gasteiger partial charge in [-0.3, -0.25) is 4.79 Å². The van der Waals surface area contributed by atoms with Gasteiger partial charge in [-0.2, -0.15) is 0 Å². The van der Waals surface area contributed by atoms with Gasteiger partial charge in [0.15, 0.2) is 6.29 Å². The van der Waals surface area contributed by atoms with Crippen LogP contribution in [0.2, 0.25) is 0 Å². The van der Waals surface area contributed by atoms with E-state index in [1.54, 1.807) is 0 Å². The Kier molecular flexibility index (Phi) is 45.3. The van der Waals surface area contributed by atoms with Crippen molar-refractivity contribution in [1.82, 2.24) is 5.32 Å². The van der Waals surface area contributed by atoms with E-state index < -0.39 is 74.2 Å². The molecule has 1 rings (SSSR count). The van der Waals surface area contributed by atoms with Gasteiger partial charge >= 0.3 is 0 Å². The van der Waals surface area contributed by atoms with E-state index in [0.717, 1.165) is 51.4 Å². The number of ether oxygens (including phenoxy) is 2. The SMILES string of the molecule is CCC/C=C/CC/C=C/CC/C=C/CCCC(O)C(O)C(COC1OC(CO)C(O)C(O)C1O)NC(=O)C(O)CCCCCCCCCCCCCCC/C=C\CCCCCCCCCCCCCC. The van der Waals surface area contributed by atoms with Crippen LogP contribution in [0.1, 0.15) is 251 Å². The molecule has 11 nitrogen and oxygen atoms in total. The number of nitrogens with one attached hydrogen (secondary N) is 1. The zero-order valence-electron chi connectivity index (χ0n) is 44.7. The van der Waals surface area contributed by atoms with Gasteiger partial charge in [0.05, 0.1) is 25.4 Å². The third-order valence-electron chi connectivity index (χ3n) is 13.8. The average Bonchev–Trinajstić information content (AvgIpc) is 3.36. The minimum absolute atomic E-state index is 0.240. The Morgan fingerprint density at radius 2 is 0.886 bits per heavy atom. The highest BCUT2D eigenvalue weighted by atomic mass is 16.7. The molecule has 1 fully saturated rings. The molecule has 1 aliphatic rings. The second kappa shape index (κ2) is 48.0. The van der Waals surface area contributed by atoms with Crippen LogP contribution in [0, 0.1) is 0 Å². The Morgan fingerprint density at radius 3 is 1.33 bits per heavy atom. The average molecular weight is 993 g/mol. The molecule has 1 amide bonds. The summed E-state index contributed by atoms with van der Waals surface area (Å²) in [6, 6.07) is -1.19. The summed E-state index contributed by atoms with van der Waals surface area (Å²) in [6.07, 6.45) is 49.0. The van der Waals surface area contributed by atoms with E-state index in [0.29, 0.717) is 19.3 Å². The molecule has 0 aromatic carbocycles. The van der Waals surface area contributed by atoms with Crippen LogP contribution in [0.25, 0.3) is 0 Å². The van der Waals surface area contributed by atoms with Gasteiger partial charge in [0, 0.05) is 0 Å². The molecule has 1 aliphatic heterocycles. The van der Waals surface area contributed by atoms with Crippen molar-refractivity contribution in [2.24, 2.45) is 0 Å². The second-order valence-corrected chi connectivity index (χ2v) is 20.3. The second-order valence-electron chi connectivity index (χ2n) is 20.3. The molecule has 1 heterocycles. The van der Waals surface area contributed by atoms with Gasteiger partial charge < -0.3 is 50.5 Å². The fraction of sp³-hybridized carbons (Fsp3) is 0.847. The molecule has 8 N–H and O–H groups in total. The summed E-state index contributed by atoms with van der Waals surface area (Å²) < 4.78 is 11.1. The van der Waals surface area contributed by atoms with E-state index >= 15 is 0 Å². The van der Waals surface area contributed by atoms with E-state index in [2.05, 4.69) is 67.8 Å². The lowest BCUT2D eigenvalue weighted by Crippen LogP contribution is -2.60. The summed E-state index contributed by atoms with van der Waals surface area (Å²) in [5.74, 6) is -0.712. The van der Waals surface area contributed by atoms with Crippen molar-refractivity contribution in [2.75, 3.05) is 13.2 Å². The minimum atomic E-state index is -1.67. The number of amides is 1. The molecule has 11 heteroatoms. The van der Waals surface area contributed by atoms with Crippen molar-refractivity contribution in [2.45, 2.75) is 306 Å². The molecule has 70 heavy (non-hydrogen) atoms. The smallest absolute Gasteiger partial charge is 0.249 e. The van der Waals surface area contributed by atoms with Crippen LogP contribution in [0.5, 0.6) is 0 Å². The number of allylic oxidation sites excluding steroid dienone is 8. The van der Waals surface area contributed by atoms with Crippen molar-refractivity contribution in [3.63, 3.8) is 0 Å². The molecule has 1 saturated heterocycles. The molecule has 0 spiro atoms. The Balaban J connectivity index is 2.26. The van der Waals surface area contributed by atoms with Crippen LogP contribution in [0.3, 0.4) is 0 Å². The molecule has 0 saturated carbocycles. The number of hydrogen-bond donors (Lipinski definition) is 8. The third-order valence-corrected chi connectivity index (χ3v) is 13.8. The number of rotatable bonds is 49. The predicted molar refractivity (Wildman–Crippen MR) is 288 cm³/mol. The normalized spacial score (nSPS) is 20.6. The highest BCUT2D eigenvalue weighted by molar-refractivity contribution is 5.80. The maximum Gasteiger partial charge on any atom is 0.249 e. The summed E-state index contributed by atoms with van der Waals surface area (Å²) in [6.45, 7) is 3.37. The van der Waals surface area contributed by atoms with Gasteiger partial charge in [-0.1, -0.05) is 217 Å². The van der Waals surface area contributed by atoms with Crippen molar-refractivity contribution in [3.8, 4) is 0 Å². The van der Waals surface area contributed by atoms with Crippen LogP contribution in [0.4, 0.5) is 0 Å². The molecule has 0 aromatic heterocycles. The molecular weight excluding hydrogens is 883 g/mol.